The number of methoxy groups -OCH3 is 1. The van der Waals surface area contributed by atoms with Crippen LogP contribution in [0.15, 0.2) is 12.1 Å². The van der Waals surface area contributed by atoms with Crippen LogP contribution in [-0.2, 0) is 16.0 Å². The monoisotopic (exact) mass is 249 g/mol. The Morgan fingerprint density at radius 2 is 1.94 bits per heavy atom. The number of amides is 1. The second-order valence-corrected chi connectivity index (χ2v) is 4.32. The maximum absolute atomic E-state index is 11.1. The third-order valence-electron chi connectivity index (χ3n) is 2.78. The van der Waals surface area contributed by atoms with Gasteiger partial charge in [-0.3, -0.25) is 9.59 Å². The van der Waals surface area contributed by atoms with E-state index in [-0.39, 0.29) is 0 Å². The van der Waals surface area contributed by atoms with E-state index in [0.717, 1.165) is 22.4 Å². The smallest absolute Gasteiger partial charge is 0.287 e. The van der Waals surface area contributed by atoms with Gasteiger partial charge in [-0.15, -0.1) is 0 Å². The molecule has 0 spiro atoms. The van der Waals surface area contributed by atoms with Crippen LogP contribution in [0, 0.1) is 13.8 Å². The van der Waals surface area contributed by atoms with Crippen LogP contribution in [0.4, 0.5) is 0 Å². The summed E-state index contributed by atoms with van der Waals surface area (Å²) in [4.78, 5) is 21.9. The standard InChI is InChI=1S/C14H19NO3/c1-9-7-10(2)12(13(8-9)18-4)5-6-15-14(17)11(3)16/h7-8H,5-6H2,1-4H3,(H,15,17). The van der Waals surface area contributed by atoms with Crippen molar-refractivity contribution < 1.29 is 14.3 Å². The highest BCUT2D eigenvalue weighted by atomic mass is 16.5. The van der Waals surface area contributed by atoms with Gasteiger partial charge in [0.2, 0.25) is 5.78 Å². The zero-order valence-corrected chi connectivity index (χ0v) is 11.3. The highest BCUT2D eigenvalue weighted by molar-refractivity contribution is 6.35. The predicted octanol–water partition coefficient (Wildman–Crippen LogP) is 1.56. The minimum atomic E-state index is -0.543. The van der Waals surface area contributed by atoms with Gasteiger partial charge in [0.1, 0.15) is 5.75 Å². The fourth-order valence-electron chi connectivity index (χ4n) is 1.89. The van der Waals surface area contributed by atoms with Gasteiger partial charge in [-0.05, 0) is 43.0 Å². The van der Waals surface area contributed by atoms with E-state index in [1.54, 1.807) is 7.11 Å². The van der Waals surface area contributed by atoms with Crippen molar-refractivity contribution in [1.29, 1.82) is 0 Å². The Balaban J connectivity index is 2.73. The number of hydrogen-bond donors (Lipinski definition) is 1. The van der Waals surface area contributed by atoms with Crippen molar-refractivity contribution in [2.24, 2.45) is 0 Å². The minimum absolute atomic E-state index is 0.429. The summed E-state index contributed by atoms with van der Waals surface area (Å²) < 4.78 is 5.33. The summed E-state index contributed by atoms with van der Waals surface area (Å²) in [6, 6.07) is 4.04. The Morgan fingerprint density at radius 3 is 2.50 bits per heavy atom. The summed E-state index contributed by atoms with van der Waals surface area (Å²) >= 11 is 0. The van der Waals surface area contributed by atoms with Crippen LogP contribution in [0.5, 0.6) is 5.75 Å². The van der Waals surface area contributed by atoms with Gasteiger partial charge >= 0.3 is 0 Å². The lowest BCUT2D eigenvalue weighted by atomic mass is 10.0. The van der Waals surface area contributed by atoms with Crippen molar-refractivity contribution in [3.05, 3.63) is 28.8 Å². The van der Waals surface area contributed by atoms with E-state index in [4.69, 9.17) is 4.74 Å². The third kappa shape index (κ3) is 3.58. The van der Waals surface area contributed by atoms with Crippen LogP contribution in [0.25, 0.3) is 0 Å². The molecule has 4 heteroatoms. The summed E-state index contributed by atoms with van der Waals surface area (Å²) in [5.41, 5.74) is 3.33. The first-order chi connectivity index (χ1) is 8.45. The SMILES string of the molecule is COc1cc(C)cc(C)c1CCNC(=O)C(C)=O. The van der Waals surface area contributed by atoms with Gasteiger partial charge in [0.15, 0.2) is 0 Å². The topological polar surface area (TPSA) is 55.4 Å². The average molecular weight is 249 g/mol. The maximum Gasteiger partial charge on any atom is 0.287 e. The molecule has 0 saturated carbocycles. The maximum atomic E-state index is 11.1. The van der Waals surface area contributed by atoms with E-state index in [1.165, 1.54) is 6.92 Å². The summed E-state index contributed by atoms with van der Waals surface area (Å²) in [7, 11) is 1.63. The van der Waals surface area contributed by atoms with Gasteiger partial charge in [0.25, 0.3) is 5.91 Å². The highest BCUT2D eigenvalue weighted by Gasteiger charge is 2.10. The van der Waals surface area contributed by atoms with E-state index < -0.39 is 11.7 Å². The molecule has 1 aromatic carbocycles. The Hall–Kier alpha value is -1.84. The molecular weight excluding hydrogens is 230 g/mol. The van der Waals surface area contributed by atoms with Crippen molar-refractivity contribution in [2.75, 3.05) is 13.7 Å². The number of carbonyl (C=O) groups is 2. The number of rotatable bonds is 5. The van der Waals surface area contributed by atoms with Crippen LogP contribution in [0.2, 0.25) is 0 Å². The first-order valence-electron chi connectivity index (χ1n) is 5.88. The van der Waals surface area contributed by atoms with Crippen molar-refractivity contribution in [3.8, 4) is 5.75 Å². The lowest BCUT2D eigenvalue weighted by Gasteiger charge is -2.13. The Labute approximate surface area is 107 Å². The molecule has 0 fully saturated rings. The summed E-state index contributed by atoms with van der Waals surface area (Å²) in [6.07, 6.45) is 0.647. The van der Waals surface area contributed by atoms with E-state index in [9.17, 15) is 9.59 Å². The van der Waals surface area contributed by atoms with Crippen molar-refractivity contribution >= 4 is 11.7 Å². The van der Waals surface area contributed by atoms with Gasteiger partial charge in [0, 0.05) is 13.5 Å². The molecule has 0 radical (unpaired) electrons. The number of hydrogen-bond acceptors (Lipinski definition) is 3. The van der Waals surface area contributed by atoms with Crippen molar-refractivity contribution in [1.82, 2.24) is 5.32 Å². The molecule has 1 N–H and O–H groups in total. The predicted molar refractivity (Wildman–Crippen MR) is 69.9 cm³/mol. The van der Waals surface area contributed by atoms with E-state index >= 15 is 0 Å². The largest absolute Gasteiger partial charge is 0.496 e. The quantitative estimate of drug-likeness (QED) is 0.806. The average Bonchev–Trinajstić information content (AvgIpc) is 2.30. The molecule has 0 heterocycles. The molecule has 98 valence electrons. The molecule has 0 unspecified atom stereocenters. The Kier molecular flexibility index (Phi) is 4.89. The van der Waals surface area contributed by atoms with Gasteiger partial charge in [-0.1, -0.05) is 6.07 Å². The van der Waals surface area contributed by atoms with Crippen LogP contribution >= 0.6 is 0 Å². The van der Waals surface area contributed by atoms with Gasteiger partial charge in [-0.25, -0.2) is 0 Å². The van der Waals surface area contributed by atoms with Crippen molar-refractivity contribution in [3.63, 3.8) is 0 Å². The van der Waals surface area contributed by atoms with E-state index in [0.29, 0.717) is 13.0 Å². The molecule has 0 atom stereocenters. The molecule has 0 aliphatic carbocycles. The molecule has 4 nitrogen and oxygen atoms in total. The second-order valence-electron chi connectivity index (χ2n) is 4.32. The molecule has 18 heavy (non-hydrogen) atoms. The first-order valence-corrected chi connectivity index (χ1v) is 5.88. The van der Waals surface area contributed by atoms with Crippen LogP contribution in [0.1, 0.15) is 23.6 Å². The number of ketones is 1. The molecule has 0 aliphatic heterocycles. The normalized spacial score (nSPS) is 10.0. The molecule has 0 saturated heterocycles. The first kappa shape index (κ1) is 14.2. The summed E-state index contributed by atoms with van der Waals surface area (Å²) in [6.45, 7) is 5.71. The second kappa shape index (κ2) is 6.19. The van der Waals surface area contributed by atoms with Crippen molar-refractivity contribution in [2.45, 2.75) is 27.2 Å². The van der Waals surface area contributed by atoms with Gasteiger partial charge in [-0.2, -0.15) is 0 Å². The molecule has 1 rings (SSSR count). The number of carbonyl (C=O) groups excluding carboxylic acids is 2. The van der Waals surface area contributed by atoms with Gasteiger partial charge < -0.3 is 10.1 Å². The molecule has 1 amide bonds. The summed E-state index contributed by atoms with van der Waals surface area (Å²) in [5, 5.41) is 2.58. The van der Waals surface area contributed by atoms with Crippen LogP contribution in [-0.4, -0.2) is 25.3 Å². The van der Waals surface area contributed by atoms with Crippen LogP contribution < -0.4 is 10.1 Å². The van der Waals surface area contributed by atoms with E-state index in [2.05, 4.69) is 11.4 Å². The number of benzene rings is 1. The molecule has 0 aliphatic rings. The van der Waals surface area contributed by atoms with E-state index in [1.807, 2.05) is 19.9 Å². The fourth-order valence-corrected chi connectivity index (χ4v) is 1.89. The lowest BCUT2D eigenvalue weighted by molar-refractivity contribution is -0.136. The zero-order valence-electron chi connectivity index (χ0n) is 11.3. The Morgan fingerprint density at radius 1 is 1.28 bits per heavy atom. The van der Waals surface area contributed by atoms with Gasteiger partial charge in [0.05, 0.1) is 7.11 Å². The fraction of sp³-hybridized carbons (Fsp3) is 0.429. The minimum Gasteiger partial charge on any atom is -0.496 e. The number of Topliss-reactive ketones (excluding diaryl/α,β-unsaturated/α-hetero) is 1. The number of aryl methyl sites for hydroxylation is 2. The number of nitrogens with one attached hydrogen (secondary N) is 1. The Bertz CT molecular complexity index is 466. The number of ether oxygens (including phenoxy) is 1. The zero-order chi connectivity index (χ0) is 13.7. The molecule has 1 aromatic rings. The molecule has 0 bridgehead atoms. The lowest BCUT2D eigenvalue weighted by Crippen LogP contribution is -2.31. The summed E-state index contributed by atoms with van der Waals surface area (Å²) in [5.74, 6) is -0.189. The third-order valence-corrected chi connectivity index (χ3v) is 2.78. The molecular formula is C14H19NO3. The van der Waals surface area contributed by atoms with Crippen LogP contribution in [0.3, 0.4) is 0 Å². The highest BCUT2D eigenvalue weighted by Crippen LogP contribution is 2.24. The molecule has 0 aromatic heterocycles.